The molecule has 0 aliphatic carbocycles. The molecule has 0 unspecified atom stereocenters. The lowest BCUT2D eigenvalue weighted by molar-refractivity contribution is -0.123. The predicted octanol–water partition coefficient (Wildman–Crippen LogP) is 2.48. The first kappa shape index (κ1) is 21.2. The van der Waals surface area contributed by atoms with Crippen LogP contribution in [0.2, 0.25) is 0 Å². The molecule has 6 nitrogen and oxygen atoms in total. The largest absolute Gasteiger partial charge is 0.376 e. The molecule has 0 saturated carbocycles. The van der Waals surface area contributed by atoms with Gasteiger partial charge >= 0.3 is 0 Å². The Balaban J connectivity index is 1.74. The Morgan fingerprint density at radius 2 is 1.86 bits per heavy atom. The highest BCUT2D eigenvalue weighted by atomic mass is 127. The molecule has 150 valence electrons. The monoisotopic (exact) mass is 514 g/mol. The third kappa shape index (κ3) is 6.00. The first-order valence-corrected chi connectivity index (χ1v) is 11.7. The maximum atomic E-state index is 12.8. The zero-order valence-corrected chi connectivity index (χ0v) is 18.3. The van der Waals surface area contributed by atoms with E-state index < -0.39 is 16.1 Å². The lowest BCUT2D eigenvalue weighted by atomic mass is 10.1. The molecule has 1 amide bonds. The predicted molar refractivity (Wildman–Crippen MR) is 115 cm³/mol. The molecule has 0 radical (unpaired) electrons. The van der Waals surface area contributed by atoms with Crippen LogP contribution in [0.5, 0.6) is 0 Å². The number of carbonyl (C=O) groups excluding carboxylic acids is 1. The minimum absolute atomic E-state index is 0.00543. The van der Waals surface area contributed by atoms with E-state index in [0.29, 0.717) is 13.2 Å². The molecule has 1 fully saturated rings. The van der Waals surface area contributed by atoms with Gasteiger partial charge in [-0.3, -0.25) is 4.79 Å². The van der Waals surface area contributed by atoms with Crippen molar-refractivity contribution in [2.24, 2.45) is 0 Å². The molecule has 1 saturated heterocycles. The summed E-state index contributed by atoms with van der Waals surface area (Å²) in [5, 5.41) is 2.84. The molecule has 1 heterocycles. The minimum Gasteiger partial charge on any atom is -0.376 e. The number of benzene rings is 2. The Kier molecular flexibility index (Phi) is 7.44. The maximum Gasteiger partial charge on any atom is 0.241 e. The second-order valence-corrected chi connectivity index (χ2v) is 9.66. The molecule has 2 atom stereocenters. The van der Waals surface area contributed by atoms with E-state index in [-0.39, 0.29) is 23.3 Å². The first-order valence-electron chi connectivity index (χ1n) is 9.15. The van der Waals surface area contributed by atoms with E-state index in [1.165, 1.54) is 12.1 Å². The van der Waals surface area contributed by atoms with Crippen LogP contribution in [0.4, 0.5) is 0 Å². The Hall–Kier alpha value is -1.49. The molecule has 0 aromatic heterocycles. The lowest BCUT2D eigenvalue weighted by Gasteiger charge is -2.20. The van der Waals surface area contributed by atoms with Crippen LogP contribution >= 0.6 is 22.6 Å². The summed E-state index contributed by atoms with van der Waals surface area (Å²) in [5.41, 5.74) is 0.880. The smallest absolute Gasteiger partial charge is 0.241 e. The molecule has 2 aromatic carbocycles. The van der Waals surface area contributed by atoms with Crippen LogP contribution < -0.4 is 10.0 Å². The van der Waals surface area contributed by atoms with Crippen molar-refractivity contribution in [2.75, 3.05) is 13.2 Å². The second-order valence-electron chi connectivity index (χ2n) is 6.70. The molecule has 2 N–H and O–H groups in total. The Morgan fingerprint density at radius 3 is 2.50 bits per heavy atom. The molecule has 2 aromatic rings. The average Bonchev–Trinajstić information content (AvgIpc) is 3.20. The number of rotatable bonds is 8. The molecule has 0 bridgehead atoms. The molecular formula is C20H23IN2O4S. The Morgan fingerprint density at radius 1 is 1.14 bits per heavy atom. The van der Waals surface area contributed by atoms with Gasteiger partial charge in [-0.15, -0.1) is 0 Å². The van der Waals surface area contributed by atoms with Crippen molar-refractivity contribution in [3.63, 3.8) is 0 Å². The van der Waals surface area contributed by atoms with Gasteiger partial charge in [-0.05, 0) is 71.7 Å². The van der Waals surface area contributed by atoms with Gasteiger partial charge in [0.05, 0.1) is 11.0 Å². The van der Waals surface area contributed by atoms with Gasteiger partial charge in [0.25, 0.3) is 0 Å². The molecule has 0 spiro atoms. The van der Waals surface area contributed by atoms with Crippen molar-refractivity contribution in [1.82, 2.24) is 10.0 Å². The van der Waals surface area contributed by atoms with Crippen LogP contribution in [0.25, 0.3) is 0 Å². The summed E-state index contributed by atoms with van der Waals surface area (Å²) in [4.78, 5) is 12.9. The van der Waals surface area contributed by atoms with Gasteiger partial charge in [0.2, 0.25) is 15.9 Å². The van der Waals surface area contributed by atoms with Gasteiger partial charge in [0, 0.05) is 16.7 Å². The van der Waals surface area contributed by atoms with Crippen LogP contribution in [-0.4, -0.2) is 39.6 Å². The number of carbonyl (C=O) groups is 1. The number of ether oxygens (including phenoxy) is 1. The van der Waals surface area contributed by atoms with Crippen molar-refractivity contribution in [1.29, 1.82) is 0 Å². The van der Waals surface area contributed by atoms with E-state index in [1.807, 2.05) is 30.3 Å². The van der Waals surface area contributed by atoms with Gasteiger partial charge in [-0.2, -0.15) is 4.72 Å². The minimum atomic E-state index is -3.82. The Labute approximate surface area is 179 Å². The number of hydrogen-bond acceptors (Lipinski definition) is 4. The van der Waals surface area contributed by atoms with Gasteiger partial charge in [-0.1, -0.05) is 30.3 Å². The Bertz CT molecular complexity index is 882. The molecular weight excluding hydrogens is 491 g/mol. The van der Waals surface area contributed by atoms with Gasteiger partial charge in [0.1, 0.15) is 6.04 Å². The fourth-order valence-corrected chi connectivity index (χ4v) is 4.60. The maximum absolute atomic E-state index is 12.8. The van der Waals surface area contributed by atoms with Crippen molar-refractivity contribution in [3.8, 4) is 0 Å². The number of amides is 1. The number of hydrogen-bond donors (Lipinski definition) is 2. The van der Waals surface area contributed by atoms with E-state index in [9.17, 15) is 13.2 Å². The number of sulfonamides is 1. The summed E-state index contributed by atoms with van der Waals surface area (Å²) < 4.78 is 34.6. The van der Waals surface area contributed by atoms with E-state index >= 15 is 0 Å². The SMILES string of the molecule is O=C(NC[C@H]1CCCO1)[C@@H](Cc1ccccc1)NS(=O)(=O)c1ccc(I)cc1. The molecule has 1 aliphatic rings. The first-order chi connectivity index (χ1) is 13.4. The van der Waals surface area contributed by atoms with Gasteiger partial charge < -0.3 is 10.1 Å². The highest BCUT2D eigenvalue weighted by Gasteiger charge is 2.27. The zero-order chi connectivity index (χ0) is 20.0. The van der Waals surface area contributed by atoms with Crippen LogP contribution in [-0.2, 0) is 26.0 Å². The topological polar surface area (TPSA) is 84.5 Å². The van der Waals surface area contributed by atoms with Crippen molar-refractivity contribution in [2.45, 2.75) is 36.3 Å². The van der Waals surface area contributed by atoms with Crippen LogP contribution in [0.15, 0.2) is 59.5 Å². The van der Waals surface area contributed by atoms with E-state index in [0.717, 1.165) is 22.0 Å². The normalized spacial score (nSPS) is 18.0. The summed E-state index contributed by atoms with van der Waals surface area (Å²) in [6.07, 6.45) is 2.14. The molecule has 1 aliphatic heterocycles. The number of halogens is 1. The highest BCUT2D eigenvalue weighted by Crippen LogP contribution is 2.14. The number of nitrogens with one attached hydrogen (secondary N) is 2. The lowest BCUT2D eigenvalue weighted by Crippen LogP contribution is -2.49. The fourth-order valence-electron chi connectivity index (χ4n) is 3.05. The molecule has 28 heavy (non-hydrogen) atoms. The average molecular weight is 514 g/mol. The highest BCUT2D eigenvalue weighted by molar-refractivity contribution is 14.1. The van der Waals surface area contributed by atoms with Crippen molar-refractivity contribution >= 4 is 38.5 Å². The summed E-state index contributed by atoms with van der Waals surface area (Å²) in [6.45, 7) is 1.09. The van der Waals surface area contributed by atoms with Crippen LogP contribution in [0, 0.1) is 3.57 Å². The van der Waals surface area contributed by atoms with E-state index in [2.05, 4.69) is 32.6 Å². The summed E-state index contributed by atoms with van der Waals surface area (Å²) in [5.74, 6) is -0.353. The van der Waals surface area contributed by atoms with Gasteiger partial charge in [-0.25, -0.2) is 8.42 Å². The quantitative estimate of drug-likeness (QED) is 0.531. The summed E-state index contributed by atoms with van der Waals surface area (Å²) in [7, 11) is -3.82. The van der Waals surface area contributed by atoms with Crippen molar-refractivity contribution < 1.29 is 17.9 Å². The van der Waals surface area contributed by atoms with Crippen LogP contribution in [0.3, 0.4) is 0 Å². The standard InChI is InChI=1S/C20H23IN2O4S/c21-16-8-10-18(11-9-16)28(25,26)23-19(13-15-5-2-1-3-6-15)20(24)22-14-17-7-4-12-27-17/h1-3,5-6,8-11,17,19,23H,4,7,12-14H2,(H,22,24)/t17-,19-/m1/s1. The van der Waals surface area contributed by atoms with Gasteiger partial charge in [0.15, 0.2) is 0 Å². The van der Waals surface area contributed by atoms with E-state index in [4.69, 9.17) is 4.74 Å². The molecule has 8 heteroatoms. The van der Waals surface area contributed by atoms with Crippen LogP contribution in [0.1, 0.15) is 18.4 Å². The van der Waals surface area contributed by atoms with E-state index in [1.54, 1.807) is 12.1 Å². The summed E-state index contributed by atoms with van der Waals surface area (Å²) in [6, 6.07) is 15.0. The summed E-state index contributed by atoms with van der Waals surface area (Å²) >= 11 is 2.11. The fraction of sp³-hybridized carbons (Fsp3) is 0.350. The second kappa shape index (κ2) is 9.82. The third-order valence-electron chi connectivity index (χ3n) is 4.55. The molecule has 3 rings (SSSR count). The third-order valence-corrected chi connectivity index (χ3v) is 6.76. The zero-order valence-electron chi connectivity index (χ0n) is 15.3. The van der Waals surface area contributed by atoms with Crippen molar-refractivity contribution in [3.05, 3.63) is 63.7 Å².